The normalized spacial score (nSPS) is 10.3. The van der Waals surface area contributed by atoms with E-state index in [1.165, 1.54) is 6.33 Å². The Hall–Kier alpha value is -1.63. The Morgan fingerprint density at radius 3 is 3.06 bits per heavy atom. The lowest BCUT2D eigenvalue weighted by Gasteiger charge is -2.08. The van der Waals surface area contributed by atoms with Gasteiger partial charge < -0.3 is 11.1 Å². The minimum Gasteiger partial charge on any atom is -0.383 e. The highest BCUT2D eigenvalue weighted by Gasteiger charge is 2.04. The summed E-state index contributed by atoms with van der Waals surface area (Å²) in [7, 11) is 0. The molecule has 16 heavy (non-hydrogen) atoms. The Morgan fingerprint density at radius 1 is 1.44 bits per heavy atom. The Bertz CT molecular complexity index is 455. The zero-order valence-electron chi connectivity index (χ0n) is 8.47. The molecule has 2 aromatic rings. The molecule has 2 heterocycles. The van der Waals surface area contributed by atoms with E-state index in [4.69, 9.17) is 5.73 Å². The van der Waals surface area contributed by atoms with Crippen molar-refractivity contribution in [1.29, 1.82) is 0 Å². The van der Waals surface area contributed by atoms with Crippen LogP contribution in [0.1, 0.15) is 0 Å². The van der Waals surface area contributed by atoms with Crippen LogP contribution in [0.25, 0.3) is 0 Å². The number of rotatable bonds is 4. The number of nitrogens with zero attached hydrogens (tertiary/aromatic N) is 4. The highest BCUT2D eigenvalue weighted by molar-refractivity contribution is 9.10. The monoisotopic (exact) mass is 282 g/mol. The fourth-order valence-corrected chi connectivity index (χ4v) is 1.57. The summed E-state index contributed by atoms with van der Waals surface area (Å²) in [5, 5.41) is 7.25. The average Bonchev–Trinajstić information content (AvgIpc) is 2.77. The molecule has 7 heteroatoms. The first-order chi connectivity index (χ1) is 7.77. The molecule has 0 aliphatic carbocycles. The SMILES string of the molecule is Nc1ncnc(NCCn2cccn2)c1Br. The first-order valence-electron chi connectivity index (χ1n) is 4.74. The number of nitrogens with one attached hydrogen (secondary N) is 1. The third-order valence-electron chi connectivity index (χ3n) is 2.01. The second-order valence-corrected chi connectivity index (χ2v) is 3.91. The Morgan fingerprint density at radius 2 is 2.31 bits per heavy atom. The Kier molecular flexibility index (Phi) is 3.35. The molecular formula is C9H11BrN6. The van der Waals surface area contributed by atoms with Crippen LogP contribution in [0.3, 0.4) is 0 Å². The number of hydrogen-bond acceptors (Lipinski definition) is 5. The summed E-state index contributed by atoms with van der Waals surface area (Å²) < 4.78 is 2.53. The lowest BCUT2D eigenvalue weighted by Crippen LogP contribution is -2.12. The van der Waals surface area contributed by atoms with Crippen molar-refractivity contribution >= 4 is 27.6 Å². The lowest BCUT2D eigenvalue weighted by atomic mass is 10.5. The predicted octanol–water partition coefficient (Wildman–Crippen LogP) is 1.13. The second-order valence-electron chi connectivity index (χ2n) is 3.12. The van der Waals surface area contributed by atoms with Crippen LogP contribution in [0.2, 0.25) is 0 Å². The molecular weight excluding hydrogens is 272 g/mol. The third kappa shape index (κ3) is 2.48. The smallest absolute Gasteiger partial charge is 0.146 e. The van der Waals surface area contributed by atoms with Crippen LogP contribution in [-0.2, 0) is 6.54 Å². The summed E-state index contributed by atoms with van der Waals surface area (Å²) >= 11 is 3.32. The highest BCUT2D eigenvalue weighted by Crippen LogP contribution is 2.23. The number of nitrogen functional groups attached to an aromatic ring is 1. The maximum Gasteiger partial charge on any atom is 0.146 e. The van der Waals surface area contributed by atoms with Crippen LogP contribution in [0.4, 0.5) is 11.6 Å². The van der Waals surface area contributed by atoms with E-state index in [0.717, 1.165) is 13.1 Å². The van der Waals surface area contributed by atoms with Crippen LogP contribution in [0.5, 0.6) is 0 Å². The molecule has 0 saturated carbocycles. The minimum atomic E-state index is 0.427. The van der Waals surface area contributed by atoms with Crippen LogP contribution in [-0.4, -0.2) is 26.3 Å². The standard InChI is InChI=1S/C9H11BrN6/c10-7-8(11)13-6-14-9(7)12-3-5-16-4-1-2-15-16/h1-2,4,6H,3,5H2,(H3,11,12,13,14). The largest absolute Gasteiger partial charge is 0.383 e. The van der Waals surface area contributed by atoms with Gasteiger partial charge in [0.2, 0.25) is 0 Å². The van der Waals surface area contributed by atoms with Gasteiger partial charge in [0.1, 0.15) is 22.4 Å². The summed E-state index contributed by atoms with van der Waals surface area (Å²) in [4.78, 5) is 7.94. The van der Waals surface area contributed by atoms with E-state index >= 15 is 0 Å². The molecule has 0 saturated heterocycles. The Labute approximate surface area is 101 Å². The van der Waals surface area contributed by atoms with Gasteiger partial charge in [-0.1, -0.05) is 0 Å². The van der Waals surface area contributed by atoms with Gasteiger partial charge in [-0.25, -0.2) is 9.97 Å². The van der Waals surface area contributed by atoms with Gasteiger partial charge in [-0.05, 0) is 22.0 Å². The molecule has 3 N–H and O–H groups in total. The first-order valence-corrected chi connectivity index (χ1v) is 5.54. The van der Waals surface area contributed by atoms with Crippen molar-refractivity contribution < 1.29 is 0 Å². The fourth-order valence-electron chi connectivity index (χ4n) is 1.23. The van der Waals surface area contributed by atoms with Crippen molar-refractivity contribution in [1.82, 2.24) is 19.7 Å². The van der Waals surface area contributed by atoms with Crippen LogP contribution < -0.4 is 11.1 Å². The molecule has 0 spiro atoms. The van der Waals surface area contributed by atoms with Gasteiger partial charge in [0.05, 0.1) is 6.54 Å². The van der Waals surface area contributed by atoms with Gasteiger partial charge in [-0.15, -0.1) is 0 Å². The van der Waals surface area contributed by atoms with E-state index in [1.54, 1.807) is 6.20 Å². The van der Waals surface area contributed by atoms with Crippen molar-refractivity contribution in [3.63, 3.8) is 0 Å². The van der Waals surface area contributed by atoms with Crippen LogP contribution >= 0.6 is 15.9 Å². The minimum absolute atomic E-state index is 0.427. The zero-order chi connectivity index (χ0) is 11.4. The Balaban J connectivity index is 1.92. The number of hydrogen-bond donors (Lipinski definition) is 2. The van der Waals surface area contributed by atoms with E-state index < -0.39 is 0 Å². The van der Waals surface area contributed by atoms with Crippen LogP contribution in [0.15, 0.2) is 29.3 Å². The molecule has 6 nitrogen and oxygen atoms in total. The zero-order valence-corrected chi connectivity index (χ0v) is 10.1. The molecule has 0 radical (unpaired) electrons. The molecule has 0 atom stereocenters. The van der Waals surface area contributed by atoms with E-state index in [0.29, 0.717) is 16.1 Å². The molecule has 0 unspecified atom stereocenters. The second kappa shape index (κ2) is 4.93. The van der Waals surface area contributed by atoms with Gasteiger partial charge in [0.25, 0.3) is 0 Å². The number of nitrogens with two attached hydrogens (primary N) is 1. The van der Waals surface area contributed by atoms with Crippen molar-refractivity contribution in [3.05, 3.63) is 29.3 Å². The summed E-state index contributed by atoms with van der Waals surface area (Å²) in [5.74, 6) is 1.12. The van der Waals surface area contributed by atoms with Gasteiger partial charge in [0.15, 0.2) is 0 Å². The van der Waals surface area contributed by atoms with Gasteiger partial charge >= 0.3 is 0 Å². The number of anilines is 2. The van der Waals surface area contributed by atoms with E-state index in [-0.39, 0.29) is 0 Å². The summed E-state index contributed by atoms with van der Waals surface area (Å²) in [6, 6.07) is 1.89. The first kappa shape index (κ1) is 10.9. The van der Waals surface area contributed by atoms with E-state index in [2.05, 4.69) is 36.3 Å². The molecule has 0 aromatic carbocycles. The van der Waals surface area contributed by atoms with Gasteiger partial charge in [0, 0.05) is 18.9 Å². The molecule has 84 valence electrons. The molecule has 0 aliphatic rings. The quantitative estimate of drug-likeness (QED) is 0.879. The average molecular weight is 283 g/mol. The summed E-state index contributed by atoms with van der Waals surface area (Å²) in [6.07, 6.45) is 5.08. The van der Waals surface area contributed by atoms with Crippen molar-refractivity contribution in [2.75, 3.05) is 17.6 Å². The van der Waals surface area contributed by atoms with Crippen molar-refractivity contribution in [2.45, 2.75) is 6.54 Å². The lowest BCUT2D eigenvalue weighted by molar-refractivity contribution is 0.637. The molecule has 0 aliphatic heterocycles. The number of aromatic nitrogens is 4. The predicted molar refractivity (Wildman–Crippen MR) is 64.9 cm³/mol. The summed E-state index contributed by atoms with van der Waals surface area (Å²) in [5.41, 5.74) is 5.63. The molecule has 0 bridgehead atoms. The molecule has 2 rings (SSSR count). The van der Waals surface area contributed by atoms with Gasteiger partial charge in [-0.3, -0.25) is 4.68 Å². The van der Waals surface area contributed by atoms with Crippen LogP contribution in [0, 0.1) is 0 Å². The van der Waals surface area contributed by atoms with E-state index in [9.17, 15) is 0 Å². The van der Waals surface area contributed by atoms with Crippen molar-refractivity contribution in [2.24, 2.45) is 0 Å². The number of halogens is 1. The molecule has 0 fully saturated rings. The maximum absolute atomic E-state index is 5.63. The highest BCUT2D eigenvalue weighted by atomic mass is 79.9. The molecule has 0 amide bonds. The maximum atomic E-state index is 5.63. The fraction of sp³-hybridized carbons (Fsp3) is 0.222. The van der Waals surface area contributed by atoms with Gasteiger partial charge in [-0.2, -0.15) is 5.10 Å². The van der Waals surface area contributed by atoms with Crippen molar-refractivity contribution in [3.8, 4) is 0 Å². The van der Waals surface area contributed by atoms with E-state index in [1.807, 2.05) is 16.9 Å². The third-order valence-corrected chi connectivity index (χ3v) is 2.79. The topological polar surface area (TPSA) is 81.6 Å². The molecule has 2 aromatic heterocycles. The summed E-state index contributed by atoms with van der Waals surface area (Å²) in [6.45, 7) is 1.49.